The summed E-state index contributed by atoms with van der Waals surface area (Å²) in [7, 11) is 0. The number of carbonyl (C=O) groups excluding carboxylic acids is 1. The Kier molecular flexibility index (Phi) is 6.12. The number of hydrogen-bond acceptors (Lipinski definition) is 3. The van der Waals surface area contributed by atoms with Crippen LogP contribution in [0.5, 0.6) is 0 Å². The lowest BCUT2D eigenvalue weighted by atomic mass is 9.93. The van der Waals surface area contributed by atoms with Crippen molar-refractivity contribution >= 4 is 6.03 Å². The quantitative estimate of drug-likeness (QED) is 0.859. The highest BCUT2D eigenvalue weighted by atomic mass is 16.5. The third-order valence-corrected chi connectivity index (χ3v) is 4.38. The predicted molar refractivity (Wildman–Crippen MR) is 99.7 cm³/mol. The number of hydrogen-bond donors (Lipinski definition) is 2. The summed E-state index contributed by atoms with van der Waals surface area (Å²) in [4.78, 5) is 14.5. The van der Waals surface area contributed by atoms with Gasteiger partial charge >= 0.3 is 6.03 Å². The summed E-state index contributed by atoms with van der Waals surface area (Å²) < 4.78 is 6.03. The van der Waals surface area contributed by atoms with Crippen molar-refractivity contribution in [3.63, 3.8) is 0 Å². The average molecular weight is 348 g/mol. The van der Waals surface area contributed by atoms with Gasteiger partial charge in [0, 0.05) is 12.5 Å². The van der Waals surface area contributed by atoms with Gasteiger partial charge in [-0.1, -0.05) is 30.3 Å². The molecule has 0 bridgehead atoms. The minimum atomic E-state index is -0.414. The Balaban J connectivity index is 2.01. The molecule has 1 aromatic carbocycles. The minimum absolute atomic E-state index is 0.0732. The average Bonchev–Trinajstić information content (AvgIpc) is 2.48. The molecule has 2 N–H and O–H groups in total. The van der Waals surface area contributed by atoms with Crippen molar-refractivity contribution in [3.05, 3.63) is 35.9 Å². The molecule has 1 fully saturated rings. The molecule has 0 aromatic heterocycles. The van der Waals surface area contributed by atoms with Gasteiger partial charge in [0.2, 0.25) is 0 Å². The molecular weight excluding hydrogens is 316 g/mol. The van der Waals surface area contributed by atoms with Gasteiger partial charge in [-0.3, -0.25) is 0 Å². The van der Waals surface area contributed by atoms with E-state index in [1.165, 1.54) is 0 Å². The number of morpholine rings is 1. The molecule has 0 spiro atoms. The SMILES string of the molecule is C[C@H](O)C[C@@H](CNC(=O)N1CC(C)(C)OC(C)(C)C1)c1ccccc1. The van der Waals surface area contributed by atoms with Crippen molar-refractivity contribution in [2.75, 3.05) is 19.6 Å². The highest BCUT2D eigenvalue weighted by molar-refractivity contribution is 5.74. The fraction of sp³-hybridized carbons (Fsp3) is 0.650. The van der Waals surface area contributed by atoms with Crippen LogP contribution in [0.4, 0.5) is 4.79 Å². The zero-order valence-electron chi connectivity index (χ0n) is 16.1. The summed E-state index contributed by atoms with van der Waals surface area (Å²) in [5.74, 6) is 0.0900. The Labute approximate surface area is 151 Å². The maximum Gasteiger partial charge on any atom is 0.317 e. The number of urea groups is 1. The van der Waals surface area contributed by atoms with Gasteiger partial charge in [-0.15, -0.1) is 0 Å². The number of aliphatic hydroxyl groups excluding tert-OH is 1. The van der Waals surface area contributed by atoms with E-state index < -0.39 is 6.10 Å². The lowest BCUT2D eigenvalue weighted by Crippen LogP contribution is -2.60. The maximum absolute atomic E-state index is 12.7. The summed E-state index contributed by atoms with van der Waals surface area (Å²) in [6.07, 6.45) is 0.202. The van der Waals surface area contributed by atoms with Crippen molar-refractivity contribution in [2.45, 2.75) is 64.3 Å². The third-order valence-electron chi connectivity index (χ3n) is 4.38. The second-order valence-electron chi connectivity index (χ2n) is 8.36. The van der Waals surface area contributed by atoms with E-state index in [2.05, 4.69) is 5.32 Å². The normalized spacial score (nSPS) is 21.4. The first-order valence-corrected chi connectivity index (χ1v) is 9.04. The molecule has 0 unspecified atom stereocenters. The Morgan fingerprint density at radius 2 is 1.76 bits per heavy atom. The van der Waals surface area contributed by atoms with Crippen LogP contribution in [0.25, 0.3) is 0 Å². The lowest BCUT2D eigenvalue weighted by molar-refractivity contribution is -0.170. The zero-order valence-corrected chi connectivity index (χ0v) is 16.1. The van der Waals surface area contributed by atoms with Gasteiger partial charge < -0.3 is 20.1 Å². The number of ether oxygens (including phenoxy) is 1. The van der Waals surface area contributed by atoms with E-state index in [0.717, 1.165) is 5.56 Å². The predicted octanol–water partition coefficient (Wildman–Crippen LogP) is 3.14. The summed E-state index contributed by atoms with van der Waals surface area (Å²) in [6.45, 7) is 11.5. The first-order valence-electron chi connectivity index (χ1n) is 9.04. The molecule has 5 heteroatoms. The Morgan fingerprint density at radius 3 is 2.28 bits per heavy atom. The number of benzene rings is 1. The molecule has 1 aliphatic rings. The fourth-order valence-corrected chi connectivity index (χ4v) is 3.73. The maximum atomic E-state index is 12.7. The van der Waals surface area contributed by atoms with Gasteiger partial charge in [-0.05, 0) is 46.6 Å². The molecule has 25 heavy (non-hydrogen) atoms. The third kappa shape index (κ3) is 6.01. The molecule has 1 saturated heterocycles. The highest BCUT2D eigenvalue weighted by Crippen LogP contribution is 2.28. The van der Waals surface area contributed by atoms with E-state index in [0.29, 0.717) is 26.1 Å². The zero-order chi connectivity index (χ0) is 18.7. The molecule has 140 valence electrons. The molecule has 1 heterocycles. The monoisotopic (exact) mass is 348 g/mol. The number of rotatable bonds is 5. The van der Waals surface area contributed by atoms with Crippen LogP contribution in [0, 0.1) is 0 Å². The molecule has 5 nitrogen and oxygen atoms in total. The molecule has 0 radical (unpaired) electrons. The molecule has 0 saturated carbocycles. The van der Waals surface area contributed by atoms with Crippen LogP contribution >= 0.6 is 0 Å². The number of aliphatic hydroxyl groups is 1. The molecule has 1 aliphatic heterocycles. The van der Waals surface area contributed by atoms with Gasteiger partial charge in [0.25, 0.3) is 0 Å². The van der Waals surface area contributed by atoms with Gasteiger partial charge in [-0.25, -0.2) is 4.79 Å². The Morgan fingerprint density at radius 1 is 1.20 bits per heavy atom. The highest BCUT2D eigenvalue weighted by Gasteiger charge is 2.40. The van der Waals surface area contributed by atoms with E-state index in [-0.39, 0.29) is 23.2 Å². The summed E-state index contributed by atoms with van der Waals surface area (Å²) in [6, 6.07) is 9.95. The summed E-state index contributed by atoms with van der Waals surface area (Å²) in [5.41, 5.74) is 0.404. The van der Waals surface area contributed by atoms with Crippen LogP contribution in [0.3, 0.4) is 0 Å². The first-order chi connectivity index (χ1) is 11.6. The van der Waals surface area contributed by atoms with Gasteiger partial charge in [0.1, 0.15) is 0 Å². The van der Waals surface area contributed by atoms with E-state index in [1.54, 1.807) is 6.92 Å². The Bertz CT molecular complexity index is 554. The molecule has 2 amide bonds. The van der Waals surface area contributed by atoms with Crippen LogP contribution in [-0.4, -0.2) is 53.0 Å². The van der Waals surface area contributed by atoms with Crippen LogP contribution in [-0.2, 0) is 4.74 Å². The molecule has 2 atom stereocenters. The van der Waals surface area contributed by atoms with E-state index >= 15 is 0 Å². The standard InChI is InChI=1S/C20H32N2O3/c1-15(23)11-17(16-9-7-6-8-10-16)12-21-18(24)22-13-19(2,3)25-20(4,5)14-22/h6-10,15,17,23H,11-14H2,1-5H3,(H,21,24)/t15-,17-/m0/s1. The van der Waals surface area contributed by atoms with E-state index in [1.807, 2.05) is 62.9 Å². The largest absolute Gasteiger partial charge is 0.393 e. The second-order valence-corrected chi connectivity index (χ2v) is 8.36. The van der Waals surface area contributed by atoms with Crippen LogP contribution in [0.2, 0.25) is 0 Å². The molecule has 1 aromatic rings. The van der Waals surface area contributed by atoms with Crippen LogP contribution in [0.15, 0.2) is 30.3 Å². The lowest BCUT2D eigenvalue weighted by Gasteiger charge is -2.47. The van der Waals surface area contributed by atoms with Gasteiger partial charge in [0.15, 0.2) is 0 Å². The number of amides is 2. The van der Waals surface area contributed by atoms with Crippen molar-refractivity contribution in [2.24, 2.45) is 0 Å². The van der Waals surface area contributed by atoms with Crippen LogP contribution in [0.1, 0.15) is 52.5 Å². The van der Waals surface area contributed by atoms with Gasteiger partial charge in [-0.2, -0.15) is 0 Å². The minimum Gasteiger partial charge on any atom is -0.393 e. The smallest absolute Gasteiger partial charge is 0.317 e. The van der Waals surface area contributed by atoms with Crippen molar-refractivity contribution in [3.8, 4) is 0 Å². The molecule has 0 aliphatic carbocycles. The van der Waals surface area contributed by atoms with E-state index in [9.17, 15) is 9.90 Å². The number of nitrogens with one attached hydrogen (secondary N) is 1. The summed E-state index contributed by atoms with van der Waals surface area (Å²) >= 11 is 0. The number of carbonyl (C=O) groups is 1. The fourth-order valence-electron chi connectivity index (χ4n) is 3.73. The van der Waals surface area contributed by atoms with Gasteiger partial charge in [0.05, 0.1) is 30.4 Å². The van der Waals surface area contributed by atoms with E-state index in [4.69, 9.17) is 4.74 Å². The van der Waals surface area contributed by atoms with Crippen molar-refractivity contribution < 1.29 is 14.6 Å². The van der Waals surface area contributed by atoms with Crippen molar-refractivity contribution in [1.82, 2.24) is 10.2 Å². The second kappa shape index (κ2) is 7.75. The topological polar surface area (TPSA) is 61.8 Å². The first kappa shape index (κ1) is 19.7. The molecule has 2 rings (SSSR count). The number of nitrogens with zero attached hydrogens (tertiary/aromatic N) is 1. The Hall–Kier alpha value is -1.59. The van der Waals surface area contributed by atoms with Crippen molar-refractivity contribution in [1.29, 1.82) is 0 Å². The molecular formula is C20H32N2O3. The van der Waals surface area contributed by atoms with Crippen LogP contribution < -0.4 is 5.32 Å². The summed E-state index contributed by atoms with van der Waals surface area (Å²) in [5, 5.41) is 12.8.